The molecular formula is C28H34N4O3. The van der Waals surface area contributed by atoms with Gasteiger partial charge in [-0.25, -0.2) is 0 Å². The minimum Gasteiger partial charge on any atom is -0.463 e. The Hall–Kier alpha value is -3.35. The third-order valence-electron chi connectivity index (χ3n) is 7.46. The maximum Gasteiger partial charge on any atom is 0.273 e. The Morgan fingerprint density at radius 3 is 2.51 bits per heavy atom. The lowest BCUT2D eigenvalue weighted by molar-refractivity contribution is -0.134. The summed E-state index contributed by atoms with van der Waals surface area (Å²) >= 11 is 0. The van der Waals surface area contributed by atoms with Crippen molar-refractivity contribution in [1.82, 2.24) is 20.0 Å². The van der Waals surface area contributed by atoms with Crippen LogP contribution in [0, 0.1) is 6.92 Å². The highest BCUT2D eigenvalue weighted by Crippen LogP contribution is 2.32. The number of rotatable bonds is 5. The number of furan rings is 1. The van der Waals surface area contributed by atoms with Crippen LogP contribution in [-0.2, 0) is 17.9 Å². The number of carbonyl (C=O) groups is 2. The Labute approximate surface area is 206 Å². The van der Waals surface area contributed by atoms with Crippen molar-refractivity contribution in [2.45, 2.75) is 83.5 Å². The number of hydrogen-bond acceptors (Lipinski definition) is 4. The molecule has 2 aromatic heterocycles. The molecule has 0 radical (unpaired) electrons. The maximum absolute atomic E-state index is 13.9. The molecule has 184 valence electrons. The van der Waals surface area contributed by atoms with E-state index in [-0.39, 0.29) is 17.9 Å². The van der Waals surface area contributed by atoms with Gasteiger partial charge in [0.15, 0.2) is 5.76 Å². The summed E-state index contributed by atoms with van der Waals surface area (Å²) in [6, 6.07) is 13.6. The molecule has 1 aliphatic carbocycles. The molecule has 1 saturated carbocycles. The number of amides is 2. The minimum atomic E-state index is -1.07. The first-order valence-electron chi connectivity index (χ1n) is 12.7. The van der Waals surface area contributed by atoms with Crippen molar-refractivity contribution in [3.8, 4) is 11.5 Å². The molecule has 5 rings (SSSR count). The number of nitrogens with one attached hydrogen (secondary N) is 1. The molecule has 0 saturated heterocycles. The van der Waals surface area contributed by atoms with E-state index in [9.17, 15) is 9.59 Å². The summed E-state index contributed by atoms with van der Waals surface area (Å²) in [4.78, 5) is 29.4. The van der Waals surface area contributed by atoms with Crippen LogP contribution in [0.3, 0.4) is 0 Å². The highest BCUT2D eigenvalue weighted by molar-refractivity contribution is 6.00. The molecule has 35 heavy (non-hydrogen) atoms. The van der Waals surface area contributed by atoms with Crippen LogP contribution in [0.5, 0.6) is 0 Å². The first-order chi connectivity index (χ1) is 16.9. The van der Waals surface area contributed by atoms with Crippen LogP contribution >= 0.6 is 0 Å². The van der Waals surface area contributed by atoms with Gasteiger partial charge in [0.25, 0.3) is 5.91 Å². The molecule has 2 aliphatic rings. The van der Waals surface area contributed by atoms with E-state index in [1.165, 1.54) is 19.3 Å². The van der Waals surface area contributed by atoms with E-state index < -0.39 is 5.54 Å². The van der Waals surface area contributed by atoms with Crippen molar-refractivity contribution in [3.63, 3.8) is 0 Å². The summed E-state index contributed by atoms with van der Waals surface area (Å²) in [7, 11) is 0. The van der Waals surface area contributed by atoms with E-state index in [2.05, 4.69) is 10.4 Å². The second kappa shape index (κ2) is 9.72. The van der Waals surface area contributed by atoms with Crippen LogP contribution in [0.15, 0.2) is 53.1 Å². The zero-order chi connectivity index (χ0) is 24.4. The summed E-state index contributed by atoms with van der Waals surface area (Å²) in [5.74, 6) is 0.298. The lowest BCUT2D eigenvalue weighted by Gasteiger charge is -2.44. The lowest BCUT2D eigenvalue weighted by Crippen LogP contribution is -2.64. The fourth-order valence-electron chi connectivity index (χ4n) is 5.25. The summed E-state index contributed by atoms with van der Waals surface area (Å²) in [5, 5.41) is 7.96. The molecule has 0 spiro atoms. The quantitative estimate of drug-likeness (QED) is 0.558. The SMILES string of the molecule is Cc1ccc(CN2C(=O)c3cc(-c4ccco4)nn3C[C@]2(C)C(=O)NC2CCCCCCC2)cc1. The molecule has 1 N–H and O–H groups in total. The number of benzene rings is 1. The van der Waals surface area contributed by atoms with E-state index in [1.54, 1.807) is 28.0 Å². The predicted molar refractivity (Wildman–Crippen MR) is 134 cm³/mol. The van der Waals surface area contributed by atoms with E-state index >= 15 is 0 Å². The number of hydrogen-bond donors (Lipinski definition) is 1. The molecule has 1 aromatic carbocycles. The van der Waals surface area contributed by atoms with E-state index in [0.29, 0.717) is 30.2 Å². The third-order valence-corrected chi connectivity index (χ3v) is 7.46. The molecule has 1 fully saturated rings. The van der Waals surface area contributed by atoms with Crippen LogP contribution in [0.2, 0.25) is 0 Å². The molecular weight excluding hydrogens is 440 g/mol. The molecule has 3 heterocycles. The van der Waals surface area contributed by atoms with Gasteiger partial charge in [0, 0.05) is 18.7 Å². The zero-order valence-corrected chi connectivity index (χ0v) is 20.6. The first kappa shape index (κ1) is 23.4. The zero-order valence-electron chi connectivity index (χ0n) is 20.6. The van der Waals surface area contributed by atoms with Gasteiger partial charge in [0.2, 0.25) is 5.91 Å². The Balaban J connectivity index is 1.47. The average Bonchev–Trinajstić information content (AvgIpc) is 3.49. The van der Waals surface area contributed by atoms with Gasteiger partial charge in [-0.2, -0.15) is 5.10 Å². The van der Waals surface area contributed by atoms with E-state index in [4.69, 9.17) is 4.42 Å². The van der Waals surface area contributed by atoms with E-state index in [0.717, 1.165) is 36.8 Å². The minimum absolute atomic E-state index is 0.107. The normalized spacial score (nSPS) is 21.3. The van der Waals surface area contributed by atoms with Crippen LogP contribution in [0.1, 0.15) is 73.5 Å². The second-order valence-corrected chi connectivity index (χ2v) is 10.2. The fourth-order valence-corrected chi connectivity index (χ4v) is 5.25. The lowest BCUT2D eigenvalue weighted by atomic mass is 9.91. The Morgan fingerprint density at radius 2 is 1.83 bits per heavy atom. The van der Waals surface area contributed by atoms with Gasteiger partial charge in [-0.3, -0.25) is 14.3 Å². The number of fused-ring (bicyclic) bond motifs is 1. The van der Waals surface area contributed by atoms with Gasteiger partial charge in [-0.1, -0.05) is 61.9 Å². The van der Waals surface area contributed by atoms with Crippen LogP contribution in [0.25, 0.3) is 11.5 Å². The standard InChI is InChI=1S/C28H34N4O3/c1-20-12-14-21(15-13-20)18-31-26(33)24-17-23(25-11-8-16-35-25)30-32(24)19-28(31,2)27(34)29-22-9-6-4-3-5-7-10-22/h8,11-17,22H,3-7,9-10,18-19H2,1-2H3,(H,29,34)/t28-/m1/s1. The van der Waals surface area contributed by atoms with Crippen molar-refractivity contribution in [2.75, 3.05) is 0 Å². The molecule has 0 bridgehead atoms. The number of carbonyl (C=O) groups excluding carboxylic acids is 2. The van der Waals surface area contributed by atoms with Crippen molar-refractivity contribution >= 4 is 11.8 Å². The van der Waals surface area contributed by atoms with Gasteiger partial charge in [-0.05, 0) is 44.4 Å². The largest absolute Gasteiger partial charge is 0.463 e. The number of aryl methyl sites for hydroxylation is 1. The van der Waals surface area contributed by atoms with Crippen LogP contribution in [-0.4, -0.2) is 38.1 Å². The van der Waals surface area contributed by atoms with Crippen LogP contribution in [0.4, 0.5) is 0 Å². The van der Waals surface area contributed by atoms with Gasteiger partial charge >= 0.3 is 0 Å². The summed E-state index contributed by atoms with van der Waals surface area (Å²) < 4.78 is 7.18. The predicted octanol–water partition coefficient (Wildman–Crippen LogP) is 5.10. The van der Waals surface area contributed by atoms with Crippen molar-refractivity contribution in [1.29, 1.82) is 0 Å². The maximum atomic E-state index is 13.9. The Morgan fingerprint density at radius 1 is 1.11 bits per heavy atom. The summed E-state index contributed by atoms with van der Waals surface area (Å²) in [6.45, 7) is 4.56. The highest BCUT2D eigenvalue weighted by atomic mass is 16.3. The van der Waals surface area contributed by atoms with Crippen molar-refractivity contribution < 1.29 is 14.0 Å². The third kappa shape index (κ3) is 4.77. The molecule has 2 amide bonds. The Bertz CT molecular complexity index is 1170. The fraction of sp³-hybridized carbons (Fsp3) is 0.464. The number of aromatic nitrogens is 2. The van der Waals surface area contributed by atoms with Crippen molar-refractivity contribution in [3.05, 3.63) is 65.5 Å². The van der Waals surface area contributed by atoms with Gasteiger partial charge in [-0.15, -0.1) is 0 Å². The Kier molecular flexibility index (Phi) is 6.50. The molecule has 3 aromatic rings. The average molecular weight is 475 g/mol. The molecule has 7 heteroatoms. The highest BCUT2D eigenvalue weighted by Gasteiger charge is 2.48. The van der Waals surface area contributed by atoms with E-state index in [1.807, 2.05) is 44.2 Å². The topological polar surface area (TPSA) is 80.4 Å². The molecule has 0 unspecified atom stereocenters. The first-order valence-corrected chi connectivity index (χ1v) is 12.7. The van der Waals surface area contributed by atoms with Gasteiger partial charge < -0.3 is 14.6 Å². The molecule has 1 aliphatic heterocycles. The van der Waals surface area contributed by atoms with Gasteiger partial charge in [0.05, 0.1) is 12.8 Å². The summed E-state index contributed by atoms with van der Waals surface area (Å²) in [6.07, 6.45) is 9.53. The number of nitrogens with zero attached hydrogens (tertiary/aromatic N) is 3. The van der Waals surface area contributed by atoms with Crippen LogP contribution < -0.4 is 5.32 Å². The summed E-state index contributed by atoms with van der Waals surface area (Å²) in [5.41, 5.74) is 2.15. The second-order valence-electron chi connectivity index (χ2n) is 10.2. The monoisotopic (exact) mass is 474 g/mol. The molecule has 1 atom stereocenters. The molecule has 7 nitrogen and oxygen atoms in total. The van der Waals surface area contributed by atoms with Gasteiger partial charge in [0.1, 0.15) is 16.9 Å². The smallest absolute Gasteiger partial charge is 0.273 e. The van der Waals surface area contributed by atoms with Crippen molar-refractivity contribution in [2.24, 2.45) is 0 Å².